The quantitative estimate of drug-likeness (QED) is 0.311. The molecular formula is C10H21N3O. The predicted molar refractivity (Wildman–Crippen MR) is 57.5 cm³/mol. The van der Waals surface area contributed by atoms with Crippen molar-refractivity contribution in [2.45, 2.75) is 51.6 Å². The van der Waals surface area contributed by atoms with E-state index < -0.39 is 0 Å². The van der Waals surface area contributed by atoms with Crippen LogP contribution < -0.4 is 5.73 Å². The fourth-order valence-electron chi connectivity index (χ4n) is 2.39. The molecule has 14 heavy (non-hydrogen) atoms. The van der Waals surface area contributed by atoms with Crippen LogP contribution in [-0.4, -0.2) is 34.6 Å². The highest BCUT2D eigenvalue weighted by Gasteiger charge is 2.30. The van der Waals surface area contributed by atoms with Crippen molar-refractivity contribution >= 4 is 5.84 Å². The number of oxime groups is 1. The second-order valence-corrected chi connectivity index (χ2v) is 3.89. The van der Waals surface area contributed by atoms with Crippen LogP contribution in [0.3, 0.4) is 0 Å². The molecule has 0 aromatic rings. The molecule has 1 aliphatic rings. The Morgan fingerprint density at radius 3 is 2.86 bits per heavy atom. The van der Waals surface area contributed by atoms with Crippen molar-refractivity contribution in [1.29, 1.82) is 0 Å². The first-order chi connectivity index (χ1) is 6.74. The fourth-order valence-corrected chi connectivity index (χ4v) is 2.39. The lowest BCUT2D eigenvalue weighted by atomic mass is 10.1. The summed E-state index contributed by atoms with van der Waals surface area (Å²) in [4.78, 5) is 2.37. The van der Waals surface area contributed by atoms with Gasteiger partial charge >= 0.3 is 0 Å². The van der Waals surface area contributed by atoms with Crippen molar-refractivity contribution < 1.29 is 5.21 Å². The van der Waals surface area contributed by atoms with Gasteiger partial charge < -0.3 is 10.9 Å². The van der Waals surface area contributed by atoms with Crippen molar-refractivity contribution in [1.82, 2.24) is 4.90 Å². The Kier molecular flexibility index (Phi) is 4.20. The molecule has 0 bridgehead atoms. The molecule has 0 amide bonds. The Bertz CT molecular complexity index is 206. The highest BCUT2D eigenvalue weighted by Crippen LogP contribution is 2.23. The third-order valence-corrected chi connectivity index (χ3v) is 3.14. The monoisotopic (exact) mass is 199 g/mol. The summed E-state index contributed by atoms with van der Waals surface area (Å²) in [6.07, 6.45) is 4.53. The van der Waals surface area contributed by atoms with E-state index in [9.17, 15) is 0 Å². The molecule has 4 nitrogen and oxygen atoms in total. The summed E-state index contributed by atoms with van der Waals surface area (Å²) >= 11 is 0. The average Bonchev–Trinajstić information content (AvgIpc) is 2.66. The van der Waals surface area contributed by atoms with Crippen molar-refractivity contribution in [3.05, 3.63) is 0 Å². The second-order valence-electron chi connectivity index (χ2n) is 3.89. The van der Waals surface area contributed by atoms with Crippen molar-refractivity contribution in [2.75, 3.05) is 6.54 Å². The maximum absolute atomic E-state index is 8.69. The number of hydrogen-bond donors (Lipinski definition) is 2. The van der Waals surface area contributed by atoms with Crippen LogP contribution in [-0.2, 0) is 0 Å². The van der Waals surface area contributed by atoms with Crippen LogP contribution in [0.2, 0.25) is 0 Å². The smallest absolute Gasteiger partial charge is 0.156 e. The fraction of sp³-hybridized carbons (Fsp3) is 0.900. The van der Waals surface area contributed by atoms with Gasteiger partial charge in [-0.05, 0) is 32.2 Å². The van der Waals surface area contributed by atoms with E-state index in [1.54, 1.807) is 0 Å². The minimum absolute atomic E-state index is 0.118. The molecule has 0 radical (unpaired) electrons. The lowest BCUT2D eigenvalue weighted by Crippen LogP contribution is -2.46. The summed E-state index contributed by atoms with van der Waals surface area (Å²) in [5.74, 6) is 0.354. The number of likely N-dealkylation sites (tertiary alicyclic amines) is 1. The molecule has 1 heterocycles. The van der Waals surface area contributed by atoms with Crippen LogP contribution in [0.15, 0.2) is 5.16 Å². The van der Waals surface area contributed by atoms with Crippen LogP contribution in [0.1, 0.15) is 39.5 Å². The molecule has 3 N–H and O–H groups in total. The van der Waals surface area contributed by atoms with Gasteiger partial charge in [-0.2, -0.15) is 0 Å². The summed E-state index contributed by atoms with van der Waals surface area (Å²) in [6.45, 7) is 5.35. The van der Waals surface area contributed by atoms with E-state index in [1.807, 2.05) is 0 Å². The van der Waals surface area contributed by atoms with E-state index in [0.29, 0.717) is 11.9 Å². The molecule has 1 aliphatic heterocycles. The zero-order valence-corrected chi connectivity index (χ0v) is 9.11. The van der Waals surface area contributed by atoms with Crippen LogP contribution in [0.5, 0.6) is 0 Å². The second kappa shape index (κ2) is 5.20. The summed E-state index contributed by atoms with van der Waals surface area (Å²) in [6, 6.07) is 0.729. The molecular weight excluding hydrogens is 178 g/mol. The standard InChI is InChI=1S/C10H21N3O/c1-3-8-6-5-7-13(8)9(4-2)10(11)12-14/h8-9,14H,3-7H2,1-2H3,(H2,11,12). The Hall–Kier alpha value is -0.770. The number of amidine groups is 1. The van der Waals surface area contributed by atoms with E-state index in [2.05, 4.69) is 23.9 Å². The van der Waals surface area contributed by atoms with Gasteiger partial charge in [0.1, 0.15) is 0 Å². The third-order valence-electron chi connectivity index (χ3n) is 3.14. The maximum atomic E-state index is 8.69. The van der Waals surface area contributed by atoms with Gasteiger partial charge in [-0.25, -0.2) is 0 Å². The van der Waals surface area contributed by atoms with E-state index in [1.165, 1.54) is 12.8 Å². The van der Waals surface area contributed by atoms with Gasteiger partial charge in [-0.1, -0.05) is 19.0 Å². The van der Waals surface area contributed by atoms with Crippen molar-refractivity contribution in [3.8, 4) is 0 Å². The van der Waals surface area contributed by atoms with Gasteiger partial charge in [0.15, 0.2) is 5.84 Å². The number of rotatable bonds is 4. The molecule has 0 saturated carbocycles. The zero-order chi connectivity index (χ0) is 10.6. The number of nitrogens with zero attached hydrogens (tertiary/aromatic N) is 2. The molecule has 0 aliphatic carbocycles. The molecule has 1 fully saturated rings. The van der Waals surface area contributed by atoms with Crippen LogP contribution in [0.25, 0.3) is 0 Å². The van der Waals surface area contributed by atoms with Crippen molar-refractivity contribution in [3.63, 3.8) is 0 Å². The summed E-state index contributed by atoms with van der Waals surface area (Å²) in [5, 5.41) is 11.8. The Morgan fingerprint density at radius 1 is 1.64 bits per heavy atom. The van der Waals surface area contributed by atoms with E-state index in [0.717, 1.165) is 19.4 Å². The van der Waals surface area contributed by atoms with Crippen LogP contribution in [0, 0.1) is 0 Å². The summed E-state index contributed by atoms with van der Waals surface area (Å²) in [7, 11) is 0. The van der Waals surface area contributed by atoms with Crippen LogP contribution in [0.4, 0.5) is 0 Å². The minimum atomic E-state index is 0.118. The normalized spacial score (nSPS) is 26.7. The first-order valence-electron chi connectivity index (χ1n) is 5.47. The largest absolute Gasteiger partial charge is 0.409 e. The van der Waals surface area contributed by atoms with Gasteiger partial charge in [0, 0.05) is 6.04 Å². The van der Waals surface area contributed by atoms with E-state index >= 15 is 0 Å². The molecule has 4 heteroatoms. The topological polar surface area (TPSA) is 61.8 Å². The van der Waals surface area contributed by atoms with Crippen molar-refractivity contribution in [2.24, 2.45) is 10.9 Å². The minimum Gasteiger partial charge on any atom is -0.409 e. The lowest BCUT2D eigenvalue weighted by Gasteiger charge is -2.30. The first-order valence-corrected chi connectivity index (χ1v) is 5.47. The van der Waals surface area contributed by atoms with Gasteiger partial charge in [0.05, 0.1) is 6.04 Å². The Morgan fingerprint density at radius 2 is 2.36 bits per heavy atom. The van der Waals surface area contributed by atoms with Gasteiger partial charge in [-0.3, -0.25) is 4.90 Å². The third kappa shape index (κ3) is 2.18. The van der Waals surface area contributed by atoms with Crippen LogP contribution >= 0.6 is 0 Å². The van der Waals surface area contributed by atoms with Gasteiger partial charge in [0.2, 0.25) is 0 Å². The summed E-state index contributed by atoms with van der Waals surface area (Å²) < 4.78 is 0. The molecule has 0 spiro atoms. The maximum Gasteiger partial charge on any atom is 0.156 e. The number of hydrogen-bond acceptors (Lipinski definition) is 3. The van der Waals surface area contributed by atoms with Gasteiger partial charge in [0.25, 0.3) is 0 Å². The molecule has 1 rings (SSSR count). The Labute approximate surface area is 85.8 Å². The Balaban J connectivity index is 2.68. The van der Waals surface area contributed by atoms with E-state index in [4.69, 9.17) is 10.9 Å². The highest BCUT2D eigenvalue weighted by molar-refractivity contribution is 5.85. The highest BCUT2D eigenvalue weighted by atomic mass is 16.4. The lowest BCUT2D eigenvalue weighted by molar-refractivity contribution is 0.207. The first kappa shape index (κ1) is 11.3. The molecule has 1 saturated heterocycles. The molecule has 0 aromatic heterocycles. The SMILES string of the molecule is CCC1CCCN1C(CC)C(N)=NO. The molecule has 0 aromatic carbocycles. The number of nitrogens with two attached hydrogens (primary N) is 1. The zero-order valence-electron chi connectivity index (χ0n) is 9.11. The molecule has 82 valence electrons. The molecule has 2 atom stereocenters. The molecule has 2 unspecified atom stereocenters. The van der Waals surface area contributed by atoms with Gasteiger partial charge in [-0.15, -0.1) is 0 Å². The predicted octanol–water partition coefficient (Wildman–Crippen LogP) is 1.39. The van der Waals surface area contributed by atoms with E-state index in [-0.39, 0.29) is 6.04 Å². The average molecular weight is 199 g/mol. The summed E-state index contributed by atoms with van der Waals surface area (Å²) in [5.41, 5.74) is 5.68.